The molecule has 1 atom stereocenters. The van der Waals surface area contributed by atoms with Crippen molar-refractivity contribution < 1.29 is 0 Å². The molecule has 1 unspecified atom stereocenters. The van der Waals surface area contributed by atoms with E-state index in [4.69, 9.17) is 0 Å². The minimum atomic E-state index is 0.628. The van der Waals surface area contributed by atoms with Gasteiger partial charge in [-0.2, -0.15) is 0 Å². The lowest BCUT2D eigenvalue weighted by atomic mass is 9.65. The molecule has 0 bridgehead atoms. The minimum absolute atomic E-state index is 0.628. The van der Waals surface area contributed by atoms with Crippen molar-refractivity contribution in [3.05, 3.63) is 0 Å². The summed E-state index contributed by atoms with van der Waals surface area (Å²) in [6.07, 6.45) is 8.62. The highest BCUT2D eigenvalue weighted by Gasteiger charge is 2.35. The zero-order chi connectivity index (χ0) is 10.4. The zero-order valence-corrected chi connectivity index (χ0v) is 10.2. The summed E-state index contributed by atoms with van der Waals surface area (Å²) >= 11 is 0. The Balaban J connectivity index is 2.56. The summed E-state index contributed by atoms with van der Waals surface area (Å²) in [7, 11) is 0. The molecule has 1 nitrogen and oxygen atoms in total. The molecular weight excluding hydrogens is 170 g/mol. The highest BCUT2D eigenvalue weighted by molar-refractivity contribution is 4.88. The molecule has 0 radical (unpaired) electrons. The molecule has 0 heterocycles. The third-order valence-corrected chi connectivity index (χ3v) is 4.23. The highest BCUT2D eigenvalue weighted by atomic mass is 14.9. The fourth-order valence-electron chi connectivity index (χ4n) is 2.91. The van der Waals surface area contributed by atoms with Crippen LogP contribution >= 0.6 is 0 Å². The van der Waals surface area contributed by atoms with E-state index in [1.807, 2.05) is 0 Å². The largest absolute Gasteiger partial charge is 0.316 e. The van der Waals surface area contributed by atoms with Gasteiger partial charge in [0.1, 0.15) is 0 Å². The lowest BCUT2D eigenvalue weighted by Crippen LogP contribution is -2.40. The van der Waals surface area contributed by atoms with Crippen LogP contribution in [0.5, 0.6) is 0 Å². The van der Waals surface area contributed by atoms with Gasteiger partial charge in [0.2, 0.25) is 0 Å². The Morgan fingerprint density at radius 1 is 1.14 bits per heavy atom. The Morgan fingerprint density at radius 3 is 2.29 bits per heavy atom. The van der Waals surface area contributed by atoms with Crippen LogP contribution in [0.1, 0.15) is 59.3 Å². The third-order valence-electron chi connectivity index (χ3n) is 4.23. The molecule has 1 rings (SSSR count). The standard InChI is InChI=1S/C13H27N/c1-4-12(3)13(11-14-5-2)9-7-6-8-10-13/h12,14H,4-11H2,1-3H3. The molecule has 0 saturated heterocycles. The smallest absolute Gasteiger partial charge is 0.00102 e. The van der Waals surface area contributed by atoms with E-state index < -0.39 is 0 Å². The van der Waals surface area contributed by atoms with Crippen LogP contribution in [0.25, 0.3) is 0 Å². The van der Waals surface area contributed by atoms with Gasteiger partial charge in [-0.1, -0.05) is 46.5 Å². The summed E-state index contributed by atoms with van der Waals surface area (Å²) in [5, 5.41) is 3.57. The summed E-state index contributed by atoms with van der Waals surface area (Å²) in [6.45, 7) is 9.37. The van der Waals surface area contributed by atoms with Gasteiger partial charge in [0.05, 0.1) is 0 Å². The van der Waals surface area contributed by atoms with Gasteiger partial charge in [0, 0.05) is 6.54 Å². The first-order chi connectivity index (χ1) is 6.75. The maximum Gasteiger partial charge on any atom is 0.00102 e. The van der Waals surface area contributed by atoms with Gasteiger partial charge in [-0.05, 0) is 30.7 Å². The van der Waals surface area contributed by atoms with Gasteiger partial charge in [0.15, 0.2) is 0 Å². The molecule has 1 heteroatoms. The second kappa shape index (κ2) is 5.75. The lowest BCUT2D eigenvalue weighted by Gasteiger charge is -2.42. The Labute approximate surface area is 89.7 Å². The molecule has 0 aromatic rings. The molecule has 1 aliphatic carbocycles. The van der Waals surface area contributed by atoms with Crippen LogP contribution in [-0.4, -0.2) is 13.1 Å². The van der Waals surface area contributed by atoms with Crippen LogP contribution in [0, 0.1) is 11.3 Å². The first-order valence-electron chi connectivity index (χ1n) is 6.46. The lowest BCUT2D eigenvalue weighted by molar-refractivity contribution is 0.102. The van der Waals surface area contributed by atoms with Gasteiger partial charge in [-0.3, -0.25) is 0 Å². The van der Waals surface area contributed by atoms with E-state index in [0.29, 0.717) is 5.41 Å². The van der Waals surface area contributed by atoms with Crippen molar-refractivity contribution in [2.75, 3.05) is 13.1 Å². The molecule has 14 heavy (non-hydrogen) atoms. The minimum Gasteiger partial charge on any atom is -0.316 e. The molecule has 1 aliphatic rings. The van der Waals surface area contributed by atoms with Crippen molar-refractivity contribution in [3.63, 3.8) is 0 Å². The van der Waals surface area contributed by atoms with Crippen LogP contribution in [-0.2, 0) is 0 Å². The maximum atomic E-state index is 3.57. The summed E-state index contributed by atoms with van der Waals surface area (Å²) < 4.78 is 0. The summed E-state index contributed by atoms with van der Waals surface area (Å²) in [4.78, 5) is 0. The molecule has 1 saturated carbocycles. The number of hydrogen-bond acceptors (Lipinski definition) is 1. The number of rotatable bonds is 5. The van der Waals surface area contributed by atoms with Gasteiger partial charge in [0.25, 0.3) is 0 Å². The van der Waals surface area contributed by atoms with Gasteiger partial charge in [-0.15, -0.1) is 0 Å². The van der Waals surface area contributed by atoms with E-state index in [9.17, 15) is 0 Å². The Hall–Kier alpha value is -0.0400. The van der Waals surface area contributed by atoms with Crippen LogP contribution in [0.4, 0.5) is 0 Å². The molecule has 0 aliphatic heterocycles. The summed E-state index contributed by atoms with van der Waals surface area (Å²) in [5.74, 6) is 0.891. The van der Waals surface area contributed by atoms with E-state index in [1.165, 1.54) is 45.1 Å². The number of hydrogen-bond donors (Lipinski definition) is 1. The normalized spacial score (nSPS) is 23.4. The van der Waals surface area contributed by atoms with Crippen molar-refractivity contribution >= 4 is 0 Å². The first kappa shape index (κ1) is 12.0. The molecule has 0 aromatic heterocycles. The van der Waals surface area contributed by atoms with Gasteiger partial charge >= 0.3 is 0 Å². The number of nitrogens with one attached hydrogen (secondary N) is 1. The van der Waals surface area contributed by atoms with Crippen LogP contribution < -0.4 is 5.32 Å². The molecular formula is C13H27N. The molecule has 0 amide bonds. The van der Waals surface area contributed by atoms with Crippen molar-refractivity contribution in [1.29, 1.82) is 0 Å². The second-order valence-electron chi connectivity index (χ2n) is 5.01. The van der Waals surface area contributed by atoms with Crippen LogP contribution in [0.3, 0.4) is 0 Å². The molecule has 1 N–H and O–H groups in total. The maximum absolute atomic E-state index is 3.57. The van der Waals surface area contributed by atoms with Crippen molar-refractivity contribution in [2.45, 2.75) is 59.3 Å². The van der Waals surface area contributed by atoms with Crippen molar-refractivity contribution in [3.8, 4) is 0 Å². The van der Waals surface area contributed by atoms with Crippen molar-refractivity contribution in [1.82, 2.24) is 5.32 Å². The predicted molar refractivity (Wildman–Crippen MR) is 63.5 cm³/mol. The zero-order valence-electron chi connectivity index (χ0n) is 10.2. The van der Waals surface area contributed by atoms with Crippen LogP contribution in [0.15, 0.2) is 0 Å². The second-order valence-corrected chi connectivity index (χ2v) is 5.01. The average molecular weight is 197 g/mol. The molecule has 84 valence electrons. The van der Waals surface area contributed by atoms with Crippen molar-refractivity contribution in [2.24, 2.45) is 11.3 Å². The topological polar surface area (TPSA) is 12.0 Å². The molecule has 0 spiro atoms. The monoisotopic (exact) mass is 197 g/mol. The van der Waals surface area contributed by atoms with E-state index >= 15 is 0 Å². The van der Waals surface area contributed by atoms with E-state index in [2.05, 4.69) is 26.1 Å². The summed E-state index contributed by atoms with van der Waals surface area (Å²) in [6, 6.07) is 0. The van der Waals surface area contributed by atoms with Crippen LogP contribution in [0.2, 0.25) is 0 Å². The highest BCUT2D eigenvalue weighted by Crippen LogP contribution is 2.43. The van der Waals surface area contributed by atoms with E-state index in [-0.39, 0.29) is 0 Å². The molecule has 0 aromatic carbocycles. The van der Waals surface area contributed by atoms with E-state index in [1.54, 1.807) is 0 Å². The fraction of sp³-hybridized carbons (Fsp3) is 1.00. The fourth-order valence-corrected chi connectivity index (χ4v) is 2.91. The quantitative estimate of drug-likeness (QED) is 0.710. The SMILES string of the molecule is CCNCC1(C(C)CC)CCCCC1. The first-order valence-corrected chi connectivity index (χ1v) is 6.46. The average Bonchev–Trinajstić information content (AvgIpc) is 2.26. The summed E-state index contributed by atoms with van der Waals surface area (Å²) in [5.41, 5.74) is 0.628. The molecule has 1 fully saturated rings. The Kier molecular flexibility index (Phi) is 4.94. The third kappa shape index (κ3) is 2.73. The van der Waals surface area contributed by atoms with E-state index in [0.717, 1.165) is 12.5 Å². The Bertz CT molecular complexity index is 147. The van der Waals surface area contributed by atoms with Gasteiger partial charge < -0.3 is 5.32 Å². The Morgan fingerprint density at radius 2 is 1.79 bits per heavy atom. The van der Waals surface area contributed by atoms with Gasteiger partial charge in [-0.25, -0.2) is 0 Å². The predicted octanol–water partition coefficient (Wildman–Crippen LogP) is 3.59.